The fourth-order valence-corrected chi connectivity index (χ4v) is 1.93. The minimum absolute atomic E-state index is 0.311. The van der Waals surface area contributed by atoms with Crippen molar-refractivity contribution in [2.24, 2.45) is 5.73 Å². The van der Waals surface area contributed by atoms with Crippen LogP contribution in [0, 0.1) is 6.92 Å². The number of aromatic amines is 1. The van der Waals surface area contributed by atoms with Gasteiger partial charge in [0.15, 0.2) is 6.23 Å². The molecule has 8 nitrogen and oxygen atoms in total. The van der Waals surface area contributed by atoms with Crippen LogP contribution in [0.2, 0.25) is 0 Å². The van der Waals surface area contributed by atoms with Gasteiger partial charge < -0.3 is 20.7 Å². The summed E-state index contributed by atoms with van der Waals surface area (Å²) < 4.78 is 6.38. The fourth-order valence-electron chi connectivity index (χ4n) is 1.93. The molecule has 1 aliphatic heterocycles. The molecular formula is C10H15N3O5. The van der Waals surface area contributed by atoms with Gasteiger partial charge in [-0.2, -0.15) is 0 Å². The van der Waals surface area contributed by atoms with Gasteiger partial charge in [0, 0.05) is 11.8 Å². The van der Waals surface area contributed by atoms with Crippen molar-refractivity contribution in [1.29, 1.82) is 0 Å². The van der Waals surface area contributed by atoms with Crippen molar-refractivity contribution < 1.29 is 14.9 Å². The quantitative estimate of drug-likeness (QED) is 0.460. The maximum atomic E-state index is 11.6. The monoisotopic (exact) mass is 257 g/mol. The number of nitrogens with zero attached hydrogens (tertiary/aromatic N) is 1. The Morgan fingerprint density at radius 1 is 1.56 bits per heavy atom. The zero-order chi connectivity index (χ0) is 13.4. The van der Waals surface area contributed by atoms with Gasteiger partial charge in [-0.15, -0.1) is 0 Å². The Bertz CT molecular complexity index is 551. The average Bonchev–Trinajstić information content (AvgIpc) is 2.61. The molecule has 0 saturated carbocycles. The Morgan fingerprint density at radius 3 is 2.78 bits per heavy atom. The first kappa shape index (κ1) is 13.0. The molecule has 8 heteroatoms. The predicted octanol–water partition coefficient (Wildman–Crippen LogP) is -2.58. The lowest BCUT2D eigenvalue weighted by atomic mass is 10.1. The van der Waals surface area contributed by atoms with Crippen LogP contribution in [0.1, 0.15) is 11.8 Å². The molecule has 2 heterocycles. The van der Waals surface area contributed by atoms with Crippen LogP contribution in [0.5, 0.6) is 0 Å². The number of aliphatic hydroxyl groups is 2. The first-order valence-corrected chi connectivity index (χ1v) is 5.47. The number of H-pyrrole nitrogens is 1. The van der Waals surface area contributed by atoms with Crippen LogP contribution in [-0.2, 0) is 4.74 Å². The highest BCUT2D eigenvalue weighted by atomic mass is 16.5. The standard InChI is InChI=1S/C10H15N3O5/c1-4-2-13(10(17)12-8(4)16)9-7(15)6(11)5(3-14)18-9/h2,5-7,9,14-15H,3,11H2,1H3,(H,12,16,17)/t5-,6-,7-,9-/m1/s1. The molecule has 18 heavy (non-hydrogen) atoms. The Balaban J connectivity index is 2.42. The van der Waals surface area contributed by atoms with Gasteiger partial charge in [0.25, 0.3) is 5.56 Å². The Hall–Kier alpha value is -1.48. The van der Waals surface area contributed by atoms with Crippen molar-refractivity contribution in [3.63, 3.8) is 0 Å². The van der Waals surface area contributed by atoms with E-state index in [9.17, 15) is 14.7 Å². The van der Waals surface area contributed by atoms with Crippen LogP contribution < -0.4 is 17.0 Å². The van der Waals surface area contributed by atoms with Crippen LogP contribution in [0.4, 0.5) is 0 Å². The van der Waals surface area contributed by atoms with Crippen LogP contribution >= 0.6 is 0 Å². The second-order valence-corrected chi connectivity index (χ2v) is 4.29. The molecule has 0 amide bonds. The number of hydrogen-bond acceptors (Lipinski definition) is 6. The SMILES string of the molecule is Cc1cn([C@@H]2O[C@H](CO)[C@@H](N)[C@H]2O)c(=O)[nH]c1=O. The number of hydrogen-bond donors (Lipinski definition) is 4. The van der Waals surface area contributed by atoms with E-state index in [0.29, 0.717) is 5.56 Å². The van der Waals surface area contributed by atoms with E-state index < -0.39 is 35.7 Å². The first-order chi connectivity index (χ1) is 8.45. The highest BCUT2D eigenvalue weighted by molar-refractivity contribution is 5.03. The third-order valence-corrected chi connectivity index (χ3v) is 3.03. The summed E-state index contributed by atoms with van der Waals surface area (Å²) in [5.74, 6) is 0. The molecule has 1 saturated heterocycles. The molecule has 0 unspecified atom stereocenters. The number of aromatic nitrogens is 2. The summed E-state index contributed by atoms with van der Waals surface area (Å²) in [4.78, 5) is 25.0. The smallest absolute Gasteiger partial charge is 0.330 e. The molecule has 4 atom stereocenters. The molecule has 0 aromatic carbocycles. The lowest BCUT2D eigenvalue weighted by Crippen LogP contribution is -2.42. The predicted molar refractivity (Wildman–Crippen MR) is 61.0 cm³/mol. The highest BCUT2D eigenvalue weighted by Gasteiger charge is 2.42. The van der Waals surface area contributed by atoms with E-state index >= 15 is 0 Å². The Morgan fingerprint density at radius 2 is 2.22 bits per heavy atom. The largest absolute Gasteiger partial charge is 0.394 e. The molecule has 1 aromatic rings. The van der Waals surface area contributed by atoms with Crippen LogP contribution in [-0.4, -0.2) is 44.6 Å². The Kier molecular flexibility index (Phi) is 3.35. The zero-order valence-corrected chi connectivity index (χ0v) is 9.74. The van der Waals surface area contributed by atoms with Crippen molar-refractivity contribution in [1.82, 2.24) is 9.55 Å². The van der Waals surface area contributed by atoms with Crippen LogP contribution in [0.3, 0.4) is 0 Å². The summed E-state index contributed by atoms with van der Waals surface area (Å²) in [6.07, 6.45) is -1.60. The summed E-state index contributed by atoms with van der Waals surface area (Å²) in [5, 5.41) is 18.9. The third-order valence-electron chi connectivity index (χ3n) is 3.03. The van der Waals surface area contributed by atoms with Gasteiger partial charge in [0.2, 0.25) is 0 Å². The summed E-state index contributed by atoms with van der Waals surface area (Å²) in [6.45, 7) is 1.17. The summed E-state index contributed by atoms with van der Waals surface area (Å²) in [5.41, 5.74) is 4.78. The summed E-state index contributed by atoms with van der Waals surface area (Å²) in [7, 11) is 0. The maximum Gasteiger partial charge on any atom is 0.330 e. The van der Waals surface area contributed by atoms with Gasteiger partial charge in [0.05, 0.1) is 12.6 Å². The van der Waals surface area contributed by atoms with Crippen molar-refractivity contribution in [3.05, 3.63) is 32.6 Å². The van der Waals surface area contributed by atoms with Gasteiger partial charge in [0.1, 0.15) is 12.2 Å². The maximum absolute atomic E-state index is 11.6. The zero-order valence-electron chi connectivity index (χ0n) is 9.74. The number of ether oxygens (including phenoxy) is 1. The molecule has 1 aromatic heterocycles. The van der Waals surface area contributed by atoms with Gasteiger partial charge in [-0.05, 0) is 6.92 Å². The van der Waals surface area contributed by atoms with E-state index in [0.717, 1.165) is 4.57 Å². The van der Waals surface area contributed by atoms with Gasteiger partial charge in [-0.25, -0.2) is 4.79 Å². The van der Waals surface area contributed by atoms with Crippen molar-refractivity contribution in [3.8, 4) is 0 Å². The number of nitrogens with one attached hydrogen (secondary N) is 1. The first-order valence-electron chi connectivity index (χ1n) is 5.47. The lowest BCUT2D eigenvalue weighted by molar-refractivity contribution is -0.0532. The minimum atomic E-state index is -1.13. The molecule has 1 aliphatic rings. The number of aliphatic hydroxyl groups excluding tert-OH is 2. The van der Waals surface area contributed by atoms with Crippen molar-refractivity contribution in [2.75, 3.05) is 6.61 Å². The average molecular weight is 257 g/mol. The highest BCUT2D eigenvalue weighted by Crippen LogP contribution is 2.26. The number of nitrogens with two attached hydrogens (primary N) is 1. The molecule has 0 radical (unpaired) electrons. The molecule has 0 spiro atoms. The second-order valence-electron chi connectivity index (χ2n) is 4.29. The topological polar surface area (TPSA) is 131 Å². The molecular weight excluding hydrogens is 242 g/mol. The normalized spacial score (nSPS) is 31.8. The molecule has 0 bridgehead atoms. The van der Waals surface area contributed by atoms with Crippen molar-refractivity contribution in [2.45, 2.75) is 31.4 Å². The molecule has 1 fully saturated rings. The van der Waals surface area contributed by atoms with Gasteiger partial charge >= 0.3 is 5.69 Å². The fraction of sp³-hybridized carbons (Fsp3) is 0.600. The molecule has 100 valence electrons. The van der Waals surface area contributed by atoms with E-state index in [2.05, 4.69) is 4.98 Å². The van der Waals surface area contributed by atoms with E-state index in [4.69, 9.17) is 15.6 Å². The molecule has 2 rings (SSSR count). The van der Waals surface area contributed by atoms with E-state index in [-0.39, 0.29) is 6.61 Å². The van der Waals surface area contributed by atoms with Crippen LogP contribution in [0.25, 0.3) is 0 Å². The second kappa shape index (κ2) is 4.65. The third kappa shape index (κ3) is 1.99. The van der Waals surface area contributed by atoms with E-state index in [1.54, 1.807) is 0 Å². The molecule has 0 aliphatic carbocycles. The van der Waals surface area contributed by atoms with Gasteiger partial charge in [-0.3, -0.25) is 14.3 Å². The van der Waals surface area contributed by atoms with Crippen LogP contribution in [0.15, 0.2) is 15.8 Å². The number of aryl methyl sites for hydroxylation is 1. The summed E-state index contributed by atoms with van der Waals surface area (Å²) >= 11 is 0. The van der Waals surface area contributed by atoms with Gasteiger partial charge in [-0.1, -0.05) is 0 Å². The van der Waals surface area contributed by atoms with Crippen molar-refractivity contribution >= 4 is 0 Å². The lowest BCUT2D eigenvalue weighted by Gasteiger charge is -2.17. The molecule has 5 N–H and O–H groups in total. The summed E-state index contributed by atoms with van der Waals surface area (Å²) in [6, 6.07) is -0.792. The van der Waals surface area contributed by atoms with E-state index in [1.807, 2.05) is 0 Å². The Labute approximate surface area is 102 Å². The number of rotatable bonds is 2. The minimum Gasteiger partial charge on any atom is -0.394 e. The van der Waals surface area contributed by atoms with E-state index in [1.165, 1.54) is 13.1 Å².